The molecule has 0 saturated heterocycles. The second-order valence-corrected chi connectivity index (χ2v) is 1.88. The van der Waals surface area contributed by atoms with Crippen LogP contribution in [0.5, 0.6) is 0 Å². The number of carboxylic acid groups (broad SMARTS) is 1. The Morgan fingerprint density at radius 2 is 1.88 bits per heavy atom. The molecule has 0 fully saturated rings. The molecule has 0 aromatic heterocycles. The molecule has 0 aliphatic carbocycles. The van der Waals surface area contributed by atoms with Crippen LogP contribution in [0.2, 0.25) is 4.64 Å². The van der Waals surface area contributed by atoms with E-state index in [2.05, 4.69) is 28.0 Å². The molecule has 0 N–H and O–H groups in total. The predicted molar refractivity (Wildman–Crippen MR) is 25.8 cm³/mol. The maximum atomic E-state index is 8.89. The predicted octanol–water partition coefficient (Wildman–Crippen LogP) is 0.118. The van der Waals surface area contributed by atoms with Crippen LogP contribution >= 0.6 is 0 Å². The van der Waals surface area contributed by atoms with Crippen molar-refractivity contribution in [1.82, 2.24) is 0 Å². The molecule has 0 rings (SSSR count). The topological polar surface area (TPSA) is 40.1 Å². The molecular weight excluding hydrogens is 200 g/mol. The van der Waals surface area contributed by atoms with Gasteiger partial charge in [0.05, 0.1) is 0 Å². The fourth-order valence-corrected chi connectivity index (χ4v) is 0. The molecule has 0 aliphatic heterocycles. The van der Waals surface area contributed by atoms with Crippen LogP contribution in [-0.4, -0.2) is 5.97 Å². The van der Waals surface area contributed by atoms with E-state index >= 15 is 0 Å². The first kappa shape index (κ1) is 11.1. The standard InChI is InChI=1S/C3H7.C2H4O2.Ag/c1-3-2;1-2(3)4;/h1,3H2,2H3;1H3,(H,3,4);/q;;+1/p-1. The first-order valence-corrected chi connectivity index (χ1v) is 3.38. The SMILES string of the molecule is CC(=O)[O-].CC[CH2][Ag+]. The summed E-state index contributed by atoms with van der Waals surface area (Å²) in [5.41, 5.74) is 0. The van der Waals surface area contributed by atoms with Crippen molar-refractivity contribution in [3.63, 3.8) is 0 Å². The number of carbonyl (C=O) groups excluding carboxylic acids is 1. The van der Waals surface area contributed by atoms with Gasteiger partial charge in [-0.2, -0.15) is 0 Å². The first-order chi connectivity index (χ1) is 3.65. The minimum atomic E-state index is -1.08. The van der Waals surface area contributed by atoms with Crippen molar-refractivity contribution in [3.05, 3.63) is 0 Å². The van der Waals surface area contributed by atoms with Gasteiger partial charge in [-0.3, -0.25) is 0 Å². The Morgan fingerprint density at radius 3 is 1.88 bits per heavy atom. The van der Waals surface area contributed by atoms with Gasteiger partial charge in [0.15, 0.2) is 0 Å². The van der Waals surface area contributed by atoms with Crippen LogP contribution in [0, 0.1) is 0 Å². The molecule has 0 heterocycles. The van der Waals surface area contributed by atoms with Crippen molar-refractivity contribution < 1.29 is 31.0 Å². The fraction of sp³-hybridized carbons (Fsp3) is 0.800. The average molecular weight is 210 g/mol. The molecule has 3 heteroatoms. The van der Waals surface area contributed by atoms with Crippen LogP contribution < -0.4 is 5.11 Å². The minimum absolute atomic E-state index is 0.972. The summed E-state index contributed by atoms with van der Waals surface area (Å²) in [4.78, 5) is 8.89. The Labute approximate surface area is 62.2 Å². The van der Waals surface area contributed by atoms with Crippen molar-refractivity contribution in [2.45, 2.75) is 24.9 Å². The van der Waals surface area contributed by atoms with E-state index in [0.717, 1.165) is 11.6 Å². The number of aliphatic carboxylic acids is 1. The van der Waals surface area contributed by atoms with E-state index in [0.29, 0.717) is 0 Å². The number of hydrogen-bond acceptors (Lipinski definition) is 2. The third-order valence-electron chi connectivity index (χ3n) is 0.151. The van der Waals surface area contributed by atoms with Crippen molar-refractivity contribution in [2.75, 3.05) is 0 Å². The first-order valence-electron chi connectivity index (χ1n) is 2.33. The Bertz CT molecular complexity index is 48.4. The van der Waals surface area contributed by atoms with E-state index < -0.39 is 5.97 Å². The van der Waals surface area contributed by atoms with E-state index in [4.69, 9.17) is 9.90 Å². The Kier molecular flexibility index (Phi) is 14.2. The van der Waals surface area contributed by atoms with E-state index in [1.165, 1.54) is 6.42 Å². The maximum absolute atomic E-state index is 8.89. The Morgan fingerprint density at radius 1 is 1.75 bits per heavy atom. The van der Waals surface area contributed by atoms with Gasteiger partial charge in [0, 0.05) is 5.97 Å². The monoisotopic (exact) mass is 209 g/mol. The second-order valence-electron chi connectivity index (χ2n) is 1.14. The number of carbonyl (C=O) groups is 1. The molecule has 0 saturated carbocycles. The fourth-order valence-electron chi connectivity index (χ4n) is 0. The molecular formula is C5H10AgO2. The van der Waals surface area contributed by atoms with Crippen molar-refractivity contribution in [2.24, 2.45) is 0 Å². The van der Waals surface area contributed by atoms with Crippen LogP contribution in [0.3, 0.4) is 0 Å². The van der Waals surface area contributed by atoms with E-state index in [-0.39, 0.29) is 0 Å². The van der Waals surface area contributed by atoms with E-state index in [1.807, 2.05) is 0 Å². The molecule has 0 radical (unpaired) electrons. The van der Waals surface area contributed by atoms with Gasteiger partial charge in [-0.1, -0.05) is 0 Å². The summed E-state index contributed by atoms with van der Waals surface area (Å²) in [6.07, 6.45) is 1.23. The van der Waals surface area contributed by atoms with Crippen LogP contribution in [0.15, 0.2) is 0 Å². The molecule has 0 bridgehead atoms. The molecule has 0 unspecified atom stereocenters. The van der Waals surface area contributed by atoms with Gasteiger partial charge in [0.2, 0.25) is 0 Å². The molecule has 0 aliphatic rings. The van der Waals surface area contributed by atoms with Crippen molar-refractivity contribution in [1.29, 1.82) is 0 Å². The summed E-state index contributed by atoms with van der Waals surface area (Å²) < 4.78 is 1.13. The number of rotatable bonds is 1. The van der Waals surface area contributed by atoms with Crippen molar-refractivity contribution in [3.8, 4) is 0 Å². The molecule has 0 amide bonds. The van der Waals surface area contributed by atoms with Crippen LogP contribution in [0.1, 0.15) is 20.3 Å². The van der Waals surface area contributed by atoms with Gasteiger partial charge >= 0.3 is 39.1 Å². The molecule has 8 heavy (non-hydrogen) atoms. The Hall–Kier alpha value is 0.210. The summed E-state index contributed by atoms with van der Waals surface area (Å²) in [6, 6.07) is 0. The zero-order valence-corrected chi connectivity index (χ0v) is 6.51. The molecule has 53 valence electrons. The summed E-state index contributed by atoms with van der Waals surface area (Å²) in [5, 5.41) is 8.89. The average Bonchev–Trinajstić information content (AvgIpc) is 1.65. The summed E-state index contributed by atoms with van der Waals surface area (Å²) in [6.45, 7) is 3.11. The van der Waals surface area contributed by atoms with Gasteiger partial charge in [0.25, 0.3) is 0 Å². The van der Waals surface area contributed by atoms with E-state index in [9.17, 15) is 0 Å². The van der Waals surface area contributed by atoms with Crippen LogP contribution in [0.4, 0.5) is 0 Å². The van der Waals surface area contributed by atoms with Crippen LogP contribution in [0.25, 0.3) is 0 Å². The quantitative estimate of drug-likeness (QED) is 0.576. The van der Waals surface area contributed by atoms with Gasteiger partial charge < -0.3 is 9.90 Å². The molecule has 0 atom stereocenters. The van der Waals surface area contributed by atoms with Gasteiger partial charge in [-0.15, -0.1) is 0 Å². The third-order valence-corrected chi connectivity index (χ3v) is 0.892. The number of hydrogen-bond donors (Lipinski definition) is 0. The van der Waals surface area contributed by atoms with Gasteiger partial charge in [-0.05, 0) is 6.92 Å². The van der Waals surface area contributed by atoms with Gasteiger partial charge in [0.1, 0.15) is 0 Å². The molecule has 0 aromatic carbocycles. The number of carboxylic acids is 1. The molecule has 0 spiro atoms. The summed E-state index contributed by atoms with van der Waals surface area (Å²) >= 11 is 3.26. The third kappa shape index (κ3) is 115. The zero-order valence-electron chi connectivity index (χ0n) is 5.03. The van der Waals surface area contributed by atoms with Crippen molar-refractivity contribution >= 4 is 5.97 Å². The normalized spacial score (nSPS) is 7.00. The molecule has 2 nitrogen and oxygen atoms in total. The van der Waals surface area contributed by atoms with Crippen LogP contribution in [-0.2, 0) is 25.9 Å². The summed E-state index contributed by atoms with van der Waals surface area (Å²) in [5.74, 6) is -1.08. The molecule has 0 aromatic rings. The second kappa shape index (κ2) is 10.2. The summed E-state index contributed by atoms with van der Waals surface area (Å²) in [7, 11) is 0. The zero-order chi connectivity index (χ0) is 6.99. The van der Waals surface area contributed by atoms with Gasteiger partial charge in [-0.25, -0.2) is 0 Å². The Balaban J connectivity index is 0. The van der Waals surface area contributed by atoms with E-state index in [1.54, 1.807) is 0 Å².